The van der Waals surface area contributed by atoms with Crippen molar-refractivity contribution in [3.63, 3.8) is 0 Å². The van der Waals surface area contributed by atoms with Crippen LogP contribution in [0.1, 0.15) is 44.9 Å². The Balaban J connectivity index is 1.72. The fourth-order valence-corrected chi connectivity index (χ4v) is 4.08. The van der Waals surface area contributed by atoms with Gasteiger partial charge in [0.05, 0.1) is 0 Å². The van der Waals surface area contributed by atoms with Crippen molar-refractivity contribution in [2.24, 2.45) is 29.4 Å². The highest BCUT2D eigenvalue weighted by Gasteiger charge is 2.47. The van der Waals surface area contributed by atoms with Crippen molar-refractivity contribution in [2.75, 3.05) is 0 Å². The Hall–Kier alpha value is -0.0400. The number of fused-ring (bicyclic) bond motifs is 1. The van der Waals surface area contributed by atoms with E-state index >= 15 is 0 Å². The highest BCUT2D eigenvalue weighted by molar-refractivity contribution is 4.97. The zero-order valence-corrected chi connectivity index (χ0v) is 8.41. The minimum absolute atomic E-state index is 0.526. The first-order chi connectivity index (χ1) is 6.33. The molecule has 3 aliphatic carbocycles. The second kappa shape index (κ2) is 2.98. The molecule has 13 heavy (non-hydrogen) atoms. The lowest BCUT2D eigenvalue weighted by Gasteiger charge is -2.41. The highest BCUT2D eigenvalue weighted by Crippen LogP contribution is 2.56. The fourth-order valence-electron chi connectivity index (χ4n) is 4.08. The van der Waals surface area contributed by atoms with Crippen LogP contribution in [0.3, 0.4) is 0 Å². The Morgan fingerprint density at radius 1 is 0.769 bits per heavy atom. The van der Waals surface area contributed by atoms with E-state index in [1.807, 2.05) is 0 Å². The molecule has 0 aromatic rings. The summed E-state index contributed by atoms with van der Waals surface area (Å²) in [5.74, 6) is 4.42. The number of hydrogen-bond donors (Lipinski definition) is 1. The summed E-state index contributed by atoms with van der Waals surface area (Å²) in [5, 5.41) is 0. The third kappa shape index (κ3) is 1.32. The summed E-state index contributed by atoms with van der Waals surface area (Å²) in [6, 6.07) is 0.526. The first-order valence-electron chi connectivity index (χ1n) is 6.08. The van der Waals surface area contributed by atoms with Gasteiger partial charge in [-0.3, -0.25) is 0 Å². The topological polar surface area (TPSA) is 26.0 Å². The molecule has 0 amide bonds. The van der Waals surface area contributed by atoms with Gasteiger partial charge in [-0.15, -0.1) is 0 Å². The largest absolute Gasteiger partial charge is 0.328 e. The van der Waals surface area contributed by atoms with Crippen LogP contribution in [-0.4, -0.2) is 6.04 Å². The lowest BCUT2D eigenvalue weighted by Crippen LogP contribution is -2.33. The molecule has 1 nitrogen and oxygen atoms in total. The molecular formula is C12H21N. The molecule has 0 spiro atoms. The quantitative estimate of drug-likeness (QED) is 0.607. The van der Waals surface area contributed by atoms with Gasteiger partial charge in [0, 0.05) is 6.04 Å². The smallest absolute Gasteiger partial charge is 0.00390 e. The van der Waals surface area contributed by atoms with Gasteiger partial charge in [-0.25, -0.2) is 0 Å². The van der Waals surface area contributed by atoms with E-state index in [0.717, 1.165) is 23.7 Å². The van der Waals surface area contributed by atoms with Gasteiger partial charge in [-0.05, 0) is 68.6 Å². The van der Waals surface area contributed by atoms with Crippen molar-refractivity contribution in [1.82, 2.24) is 0 Å². The number of rotatable bonds is 0. The van der Waals surface area contributed by atoms with Gasteiger partial charge in [0.15, 0.2) is 0 Å². The summed E-state index contributed by atoms with van der Waals surface area (Å²) in [6.45, 7) is 0. The summed E-state index contributed by atoms with van der Waals surface area (Å²) in [7, 11) is 0. The number of nitrogens with two attached hydrogens (primary N) is 1. The SMILES string of the molecule is N[C@@H]1CC[C@@H]2CC3C[C@H](CC1)C3C2. The standard InChI is InChI=1S/C12H21N/c13-11-3-1-8-5-10-7-9(2-4-11)12(10)6-8/h8-12H,1-7,13H2/t8-,9+,10?,11-,12?/m1/s1. The Morgan fingerprint density at radius 2 is 1.62 bits per heavy atom. The molecule has 0 heterocycles. The molecule has 0 saturated heterocycles. The average Bonchev–Trinajstić information content (AvgIpc) is 2.44. The molecule has 2 bridgehead atoms. The molecule has 3 saturated carbocycles. The normalized spacial score (nSPS) is 54.7. The predicted octanol–water partition coefficient (Wildman–Crippen LogP) is 2.55. The summed E-state index contributed by atoms with van der Waals surface area (Å²) < 4.78 is 0. The molecule has 0 radical (unpaired) electrons. The van der Waals surface area contributed by atoms with E-state index in [4.69, 9.17) is 5.73 Å². The van der Waals surface area contributed by atoms with Crippen LogP contribution >= 0.6 is 0 Å². The van der Waals surface area contributed by atoms with E-state index in [1.54, 1.807) is 19.3 Å². The zero-order valence-electron chi connectivity index (χ0n) is 8.41. The molecule has 3 aliphatic rings. The van der Waals surface area contributed by atoms with E-state index in [0.29, 0.717) is 6.04 Å². The minimum atomic E-state index is 0.526. The molecule has 0 aromatic heterocycles. The van der Waals surface area contributed by atoms with E-state index in [2.05, 4.69) is 0 Å². The molecule has 5 atom stereocenters. The van der Waals surface area contributed by atoms with Gasteiger partial charge in [-0.1, -0.05) is 0 Å². The van der Waals surface area contributed by atoms with Gasteiger partial charge >= 0.3 is 0 Å². The van der Waals surface area contributed by atoms with Crippen molar-refractivity contribution in [2.45, 2.75) is 51.0 Å². The fraction of sp³-hybridized carbons (Fsp3) is 1.00. The Labute approximate surface area is 81.1 Å². The first-order valence-corrected chi connectivity index (χ1v) is 6.08. The number of hydrogen-bond acceptors (Lipinski definition) is 1. The summed E-state index contributed by atoms with van der Waals surface area (Å²) in [5.41, 5.74) is 6.08. The summed E-state index contributed by atoms with van der Waals surface area (Å²) in [6.07, 6.45) is 10.1. The maximum absolute atomic E-state index is 6.08. The van der Waals surface area contributed by atoms with Gasteiger partial charge < -0.3 is 5.73 Å². The summed E-state index contributed by atoms with van der Waals surface area (Å²) in [4.78, 5) is 0. The second-order valence-electron chi connectivity index (χ2n) is 5.67. The van der Waals surface area contributed by atoms with Crippen LogP contribution in [0.2, 0.25) is 0 Å². The zero-order chi connectivity index (χ0) is 8.84. The van der Waals surface area contributed by atoms with Crippen molar-refractivity contribution in [1.29, 1.82) is 0 Å². The first kappa shape index (κ1) is 8.28. The van der Waals surface area contributed by atoms with E-state index in [1.165, 1.54) is 25.7 Å². The molecule has 1 heteroatoms. The van der Waals surface area contributed by atoms with Crippen molar-refractivity contribution in [3.8, 4) is 0 Å². The Morgan fingerprint density at radius 3 is 2.54 bits per heavy atom. The molecule has 74 valence electrons. The maximum atomic E-state index is 6.08. The van der Waals surface area contributed by atoms with Crippen LogP contribution < -0.4 is 5.73 Å². The highest BCUT2D eigenvalue weighted by atomic mass is 14.6. The van der Waals surface area contributed by atoms with Crippen LogP contribution in [0, 0.1) is 23.7 Å². The average molecular weight is 179 g/mol. The van der Waals surface area contributed by atoms with Gasteiger partial charge in [0.1, 0.15) is 0 Å². The molecule has 0 aromatic carbocycles. The van der Waals surface area contributed by atoms with Crippen LogP contribution in [0.5, 0.6) is 0 Å². The monoisotopic (exact) mass is 179 g/mol. The van der Waals surface area contributed by atoms with Gasteiger partial charge in [0.25, 0.3) is 0 Å². The van der Waals surface area contributed by atoms with E-state index in [9.17, 15) is 0 Å². The lowest BCUT2D eigenvalue weighted by atomic mass is 9.65. The third-order valence-electron chi connectivity index (χ3n) is 4.91. The lowest BCUT2D eigenvalue weighted by molar-refractivity contribution is 0.0911. The molecule has 2 unspecified atom stereocenters. The van der Waals surface area contributed by atoms with Crippen LogP contribution in [0.4, 0.5) is 0 Å². The molecular weight excluding hydrogens is 158 g/mol. The minimum Gasteiger partial charge on any atom is -0.328 e. The Kier molecular flexibility index (Phi) is 1.90. The van der Waals surface area contributed by atoms with Crippen molar-refractivity contribution in [3.05, 3.63) is 0 Å². The molecule has 0 aliphatic heterocycles. The van der Waals surface area contributed by atoms with Gasteiger partial charge in [-0.2, -0.15) is 0 Å². The third-order valence-corrected chi connectivity index (χ3v) is 4.91. The van der Waals surface area contributed by atoms with Crippen LogP contribution in [0.15, 0.2) is 0 Å². The van der Waals surface area contributed by atoms with E-state index < -0.39 is 0 Å². The predicted molar refractivity (Wildman–Crippen MR) is 54.3 cm³/mol. The maximum Gasteiger partial charge on any atom is 0.00390 e. The van der Waals surface area contributed by atoms with Crippen molar-refractivity contribution < 1.29 is 0 Å². The molecule has 3 fully saturated rings. The van der Waals surface area contributed by atoms with Gasteiger partial charge in [0.2, 0.25) is 0 Å². The van der Waals surface area contributed by atoms with Crippen LogP contribution in [0.25, 0.3) is 0 Å². The molecule has 2 N–H and O–H groups in total. The molecule has 3 rings (SSSR count). The van der Waals surface area contributed by atoms with Crippen LogP contribution in [-0.2, 0) is 0 Å². The second-order valence-corrected chi connectivity index (χ2v) is 5.67. The van der Waals surface area contributed by atoms with E-state index in [-0.39, 0.29) is 0 Å². The van der Waals surface area contributed by atoms with Crippen molar-refractivity contribution >= 4 is 0 Å². The summed E-state index contributed by atoms with van der Waals surface area (Å²) >= 11 is 0. The Bertz CT molecular complexity index is 195.